The highest BCUT2D eigenvalue weighted by Crippen LogP contribution is 2.16. The standard InChI is InChI=1S/C17H22/c1-5-15(6-2)9-8-14(4)17-12-10-16(7-3)11-13-17/h5,8-13H,1,6-7H2,2-4H3/b14-8+,15-9+. The maximum Gasteiger partial charge on any atom is -0.0227 e. The zero-order valence-corrected chi connectivity index (χ0v) is 11.2. The van der Waals surface area contributed by atoms with E-state index in [1.54, 1.807) is 0 Å². The third-order valence-corrected chi connectivity index (χ3v) is 3.04. The van der Waals surface area contributed by atoms with Gasteiger partial charge in [0.2, 0.25) is 0 Å². The van der Waals surface area contributed by atoms with Crippen LogP contribution in [-0.2, 0) is 6.42 Å². The average Bonchev–Trinajstić information content (AvgIpc) is 2.39. The third-order valence-electron chi connectivity index (χ3n) is 3.04. The number of aryl methyl sites for hydroxylation is 1. The van der Waals surface area contributed by atoms with E-state index in [1.165, 1.54) is 22.3 Å². The summed E-state index contributed by atoms with van der Waals surface area (Å²) in [5.74, 6) is 0. The molecule has 90 valence electrons. The molecular formula is C17H22. The predicted molar refractivity (Wildman–Crippen MR) is 78.0 cm³/mol. The van der Waals surface area contributed by atoms with E-state index in [0.717, 1.165) is 12.8 Å². The van der Waals surface area contributed by atoms with Gasteiger partial charge in [0.05, 0.1) is 0 Å². The quantitative estimate of drug-likeness (QED) is 0.607. The molecule has 0 saturated carbocycles. The summed E-state index contributed by atoms with van der Waals surface area (Å²) >= 11 is 0. The molecule has 0 spiro atoms. The molecule has 0 heterocycles. The number of rotatable bonds is 5. The lowest BCUT2D eigenvalue weighted by Gasteiger charge is -2.02. The van der Waals surface area contributed by atoms with Crippen LogP contribution in [0.5, 0.6) is 0 Å². The zero-order valence-electron chi connectivity index (χ0n) is 11.2. The van der Waals surface area contributed by atoms with E-state index in [-0.39, 0.29) is 0 Å². The van der Waals surface area contributed by atoms with Crippen molar-refractivity contribution in [1.29, 1.82) is 0 Å². The van der Waals surface area contributed by atoms with Gasteiger partial charge in [-0.05, 0) is 42.0 Å². The first kappa shape index (κ1) is 13.5. The largest absolute Gasteiger partial charge is 0.0988 e. The molecule has 0 unspecified atom stereocenters. The van der Waals surface area contributed by atoms with Gasteiger partial charge in [-0.1, -0.05) is 62.9 Å². The maximum absolute atomic E-state index is 3.81. The van der Waals surface area contributed by atoms with Crippen molar-refractivity contribution in [2.24, 2.45) is 0 Å². The molecule has 0 bridgehead atoms. The first-order valence-electron chi connectivity index (χ1n) is 6.30. The molecule has 0 aromatic heterocycles. The molecule has 1 rings (SSSR count). The number of hydrogen-bond acceptors (Lipinski definition) is 0. The molecule has 0 fully saturated rings. The van der Waals surface area contributed by atoms with Gasteiger partial charge in [0, 0.05) is 0 Å². The SMILES string of the molecule is C=C/C(=C\C=C(/C)c1ccc(CC)cc1)CC. The Balaban J connectivity index is 2.87. The Kier molecular flexibility index (Phi) is 5.48. The van der Waals surface area contributed by atoms with Crippen molar-refractivity contribution < 1.29 is 0 Å². The van der Waals surface area contributed by atoms with Crippen LogP contribution in [0.2, 0.25) is 0 Å². The molecule has 17 heavy (non-hydrogen) atoms. The molecule has 0 saturated heterocycles. The summed E-state index contributed by atoms with van der Waals surface area (Å²) in [6, 6.07) is 8.78. The van der Waals surface area contributed by atoms with E-state index in [1.807, 2.05) is 6.08 Å². The van der Waals surface area contributed by atoms with Crippen molar-refractivity contribution in [3.63, 3.8) is 0 Å². The van der Waals surface area contributed by atoms with E-state index in [0.29, 0.717) is 0 Å². The van der Waals surface area contributed by atoms with Gasteiger partial charge in [-0.15, -0.1) is 0 Å². The topological polar surface area (TPSA) is 0 Å². The monoisotopic (exact) mass is 226 g/mol. The molecule has 0 aliphatic carbocycles. The van der Waals surface area contributed by atoms with E-state index < -0.39 is 0 Å². The van der Waals surface area contributed by atoms with Crippen LogP contribution < -0.4 is 0 Å². The van der Waals surface area contributed by atoms with Gasteiger partial charge in [-0.2, -0.15) is 0 Å². The number of hydrogen-bond donors (Lipinski definition) is 0. The highest BCUT2D eigenvalue weighted by Gasteiger charge is 1.95. The Morgan fingerprint density at radius 3 is 2.24 bits per heavy atom. The maximum atomic E-state index is 3.81. The van der Waals surface area contributed by atoms with Crippen LogP contribution in [0.25, 0.3) is 5.57 Å². The average molecular weight is 226 g/mol. The lowest BCUT2D eigenvalue weighted by Crippen LogP contribution is -1.83. The summed E-state index contributed by atoms with van der Waals surface area (Å²) in [6.07, 6.45) is 8.36. The Morgan fingerprint density at radius 1 is 1.12 bits per heavy atom. The van der Waals surface area contributed by atoms with Gasteiger partial charge < -0.3 is 0 Å². The molecule has 0 amide bonds. The molecule has 0 nitrogen and oxygen atoms in total. The molecule has 0 atom stereocenters. The van der Waals surface area contributed by atoms with Crippen LogP contribution in [-0.4, -0.2) is 0 Å². The fraction of sp³-hybridized carbons (Fsp3) is 0.294. The van der Waals surface area contributed by atoms with Crippen LogP contribution in [0.3, 0.4) is 0 Å². The molecule has 0 aliphatic rings. The minimum absolute atomic E-state index is 1.03. The highest BCUT2D eigenvalue weighted by molar-refractivity contribution is 5.65. The van der Waals surface area contributed by atoms with Crippen molar-refractivity contribution in [3.05, 3.63) is 65.8 Å². The molecule has 0 N–H and O–H groups in total. The summed E-state index contributed by atoms with van der Waals surface area (Å²) < 4.78 is 0. The summed E-state index contributed by atoms with van der Waals surface area (Å²) in [5.41, 5.74) is 5.24. The molecule has 1 aromatic rings. The second-order valence-corrected chi connectivity index (χ2v) is 4.20. The first-order valence-corrected chi connectivity index (χ1v) is 6.30. The minimum atomic E-state index is 1.03. The van der Waals surface area contributed by atoms with Gasteiger partial charge in [0.25, 0.3) is 0 Å². The zero-order chi connectivity index (χ0) is 12.7. The lowest BCUT2D eigenvalue weighted by molar-refractivity contribution is 1.14. The number of benzene rings is 1. The Bertz CT molecular complexity index is 416. The van der Waals surface area contributed by atoms with Gasteiger partial charge in [-0.25, -0.2) is 0 Å². The van der Waals surface area contributed by atoms with E-state index in [4.69, 9.17) is 0 Å². The van der Waals surface area contributed by atoms with Crippen molar-refractivity contribution in [3.8, 4) is 0 Å². The van der Waals surface area contributed by atoms with Crippen LogP contribution in [0.4, 0.5) is 0 Å². The second kappa shape index (κ2) is 6.90. The van der Waals surface area contributed by atoms with Crippen LogP contribution in [0, 0.1) is 0 Å². The lowest BCUT2D eigenvalue weighted by atomic mass is 10.0. The van der Waals surface area contributed by atoms with Crippen LogP contribution in [0.1, 0.15) is 38.3 Å². The normalized spacial score (nSPS) is 12.6. The molecule has 0 radical (unpaired) electrons. The summed E-state index contributed by atoms with van der Waals surface area (Å²) in [6.45, 7) is 10.3. The molecule has 1 aromatic carbocycles. The second-order valence-electron chi connectivity index (χ2n) is 4.20. The molecule has 0 heteroatoms. The smallest absolute Gasteiger partial charge is 0.0227 e. The fourth-order valence-electron chi connectivity index (χ4n) is 1.66. The van der Waals surface area contributed by atoms with E-state index >= 15 is 0 Å². The van der Waals surface area contributed by atoms with Gasteiger partial charge in [-0.3, -0.25) is 0 Å². The number of allylic oxidation sites excluding steroid dienone is 5. The summed E-state index contributed by atoms with van der Waals surface area (Å²) in [4.78, 5) is 0. The predicted octanol–water partition coefficient (Wildman–Crippen LogP) is 5.17. The summed E-state index contributed by atoms with van der Waals surface area (Å²) in [5, 5.41) is 0. The minimum Gasteiger partial charge on any atom is -0.0988 e. The van der Waals surface area contributed by atoms with Crippen molar-refractivity contribution >= 4 is 5.57 Å². The van der Waals surface area contributed by atoms with Crippen LogP contribution in [0.15, 0.2) is 54.6 Å². The molecular weight excluding hydrogens is 204 g/mol. The van der Waals surface area contributed by atoms with E-state index in [2.05, 4.69) is 63.8 Å². The Hall–Kier alpha value is -1.56. The van der Waals surface area contributed by atoms with Crippen molar-refractivity contribution in [2.75, 3.05) is 0 Å². The summed E-state index contributed by atoms with van der Waals surface area (Å²) in [7, 11) is 0. The van der Waals surface area contributed by atoms with Crippen molar-refractivity contribution in [1.82, 2.24) is 0 Å². The van der Waals surface area contributed by atoms with Crippen LogP contribution >= 0.6 is 0 Å². The first-order chi connectivity index (χ1) is 8.21. The van der Waals surface area contributed by atoms with Crippen molar-refractivity contribution in [2.45, 2.75) is 33.6 Å². The molecule has 0 aliphatic heterocycles. The fourth-order valence-corrected chi connectivity index (χ4v) is 1.66. The van der Waals surface area contributed by atoms with E-state index in [9.17, 15) is 0 Å². The van der Waals surface area contributed by atoms with Gasteiger partial charge >= 0.3 is 0 Å². The van der Waals surface area contributed by atoms with Gasteiger partial charge in [0.15, 0.2) is 0 Å². The highest BCUT2D eigenvalue weighted by atomic mass is 14.0. The van der Waals surface area contributed by atoms with Gasteiger partial charge in [0.1, 0.15) is 0 Å². The Labute approximate surface area is 105 Å². The Morgan fingerprint density at radius 2 is 1.76 bits per heavy atom. The third kappa shape index (κ3) is 4.07.